The van der Waals surface area contributed by atoms with E-state index in [0.29, 0.717) is 108 Å². The van der Waals surface area contributed by atoms with Crippen molar-refractivity contribution in [3.63, 3.8) is 0 Å². The Morgan fingerprint density at radius 3 is 0.407 bits per heavy atom. The highest BCUT2D eigenvalue weighted by atomic mass is 16.5. The molecule has 0 heterocycles. The maximum absolute atomic E-state index is 13.6. The maximum Gasteiger partial charge on any atom is 0.150 e. The lowest BCUT2D eigenvalue weighted by Gasteiger charge is -2.24. The van der Waals surface area contributed by atoms with E-state index < -0.39 is 0 Å². The molecule has 12 nitrogen and oxygen atoms in total. The summed E-state index contributed by atoms with van der Waals surface area (Å²) in [5, 5.41) is 0. The van der Waals surface area contributed by atoms with E-state index in [1.54, 1.807) is 0 Å². The summed E-state index contributed by atoms with van der Waals surface area (Å²) in [7, 11) is 0. The molecule has 0 spiro atoms. The molecule has 0 radical (unpaired) electrons. The van der Waals surface area contributed by atoms with Gasteiger partial charge in [-0.2, -0.15) is 0 Å². The summed E-state index contributed by atoms with van der Waals surface area (Å²) in [6, 6.07) is 22.8. The van der Waals surface area contributed by atoms with Gasteiger partial charge in [-0.25, -0.2) is 0 Å². The molecule has 0 unspecified atom stereocenters. The molecule has 1 aliphatic rings. The summed E-state index contributed by atoms with van der Waals surface area (Å²) in [5.74, 6) is 3.68. The van der Waals surface area contributed by atoms with Gasteiger partial charge in [0.2, 0.25) is 0 Å². The van der Waals surface area contributed by atoms with Crippen molar-refractivity contribution in [1.82, 2.24) is 0 Å². The molecule has 0 amide bonds. The average molecular weight is 1480 g/mol. The number of hydrogen-bond acceptors (Lipinski definition) is 12. The number of hydrogen-bond donors (Lipinski definition) is 0. The Hall–Kier alpha value is -7.86. The minimum Gasteiger partial charge on any atom is -0.493 e. The van der Waals surface area contributed by atoms with Crippen LogP contribution in [0.15, 0.2) is 72.8 Å². The van der Waals surface area contributed by atoms with Gasteiger partial charge in [-0.05, 0) is 178 Å². The fraction of sp³-hybridized carbons (Fsp3) is 0.562. The lowest BCUT2D eigenvalue weighted by molar-refractivity contribution is 0.111. The van der Waals surface area contributed by atoms with Gasteiger partial charge in [0.25, 0.3) is 0 Å². The van der Waals surface area contributed by atoms with Gasteiger partial charge in [-0.15, -0.1) is 0 Å². The molecule has 6 aromatic rings. The van der Waals surface area contributed by atoms with Crippen molar-refractivity contribution in [2.45, 2.75) is 311 Å². The number of benzene rings is 6. The Balaban J connectivity index is 1.58. The SMILES string of the molecule is CCCCCCCCOc1c2cc(C=O)cc1Cc1cc(C=O)cc(c1OCCCCCCCC)Cc1cc(C=O)cc(c1OCCCCCCCC)Cc1cc(C=O)cc(c1OCCCCCCCC)Cc1cc(C=O)cc(c1OCCCCCCCC)Cc1cc(C=O)cc(c1OCCCCCCCC)C2. The van der Waals surface area contributed by atoms with Crippen LogP contribution < -0.4 is 28.4 Å². The molecule has 12 heteroatoms. The van der Waals surface area contributed by atoms with Crippen LogP contribution in [0, 0.1) is 0 Å². The molecular formula is C96H132O12. The first kappa shape index (κ1) is 87.4. The molecule has 12 bridgehead atoms. The number of rotatable bonds is 54. The third-order valence-corrected chi connectivity index (χ3v) is 21.2. The fourth-order valence-corrected chi connectivity index (χ4v) is 15.4. The minimum atomic E-state index is 0.219. The molecule has 0 fully saturated rings. The van der Waals surface area contributed by atoms with Crippen LogP contribution in [0.3, 0.4) is 0 Å². The summed E-state index contributed by atoms with van der Waals surface area (Å²) >= 11 is 0. The van der Waals surface area contributed by atoms with E-state index in [0.717, 1.165) is 297 Å². The first-order chi connectivity index (χ1) is 53.1. The summed E-state index contributed by atoms with van der Waals surface area (Å²) in [4.78, 5) is 81.8. The standard InChI is InChI=1S/C96H132O12/c1-7-13-19-25-31-37-43-103-91-79-49-73(67-97)50-80(91)62-82-52-75(69-99)54-84(93(82)105-45-39-33-27-21-15-9-3)64-86-56-77(71-101)58-88(95(86)107-47-41-35-29-23-17-11-5)66-90-60-78(72-102)59-89(96(90)108-48-42-36-30-24-18-12-6)65-87-57-76(70-100)55-85(94(87)106-46-40-34-28-22-16-10-4)63-83-53-74(68-98)51-81(61-79)92(83)104-44-38-32-26-20-14-8-2/h49-60,67-72H,7-48,61-66H2,1-6H3. The Morgan fingerprint density at radius 1 is 0.185 bits per heavy atom. The van der Waals surface area contributed by atoms with Gasteiger partial charge >= 0.3 is 0 Å². The third kappa shape index (κ3) is 29.2. The van der Waals surface area contributed by atoms with Crippen LogP contribution in [0.2, 0.25) is 0 Å². The number of unbranched alkanes of at least 4 members (excludes halogenated alkanes) is 30. The summed E-state index contributed by atoms with van der Waals surface area (Å²) in [6.45, 7) is 15.8. The molecule has 6 aromatic carbocycles. The van der Waals surface area contributed by atoms with Crippen molar-refractivity contribution in [2.75, 3.05) is 39.6 Å². The first-order valence-electron chi connectivity index (χ1n) is 42.5. The Kier molecular flexibility index (Phi) is 41.7. The van der Waals surface area contributed by atoms with Gasteiger partial charge in [0.05, 0.1) is 39.6 Å². The van der Waals surface area contributed by atoms with Crippen molar-refractivity contribution < 1.29 is 57.2 Å². The van der Waals surface area contributed by atoms with E-state index in [9.17, 15) is 28.8 Å². The number of carbonyl (C=O) groups excluding carboxylic acids is 6. The zero-order valence-corrected chi connectivity index (χ0v) is 67.2. The van der Waals surface area contributed by atoms with Crippen LogP contribution >= 0.6 is 0 Å². The lowest BCUT2D eigenvalue weighted by atomic mass is 9.88. The number of fused-ring (bicyclic) bond motifs is 12. The van der Waals surface area contributed by atoms with Crippen molar-refractivity contribution >= 4 is 37.7 Å². The van der Waals surface area contributed by atoms with Gasteiger partial charge in [-0.1, -0.05) is 234 Å². The van der Waals surface area contributed by atoms with Gasteiger partial charge in [0, 0.05) is 71.9 Å². The molecule has 0 saturated heterocycles. The smallest absolute Gasteiger partial charge is 0.150 e. The molecule has 0 aliphatic heterocycles. The summed E-state index contributed by atoms with van der Waals surface area (Å²) in [5.41, 5.74) is 11.5. The highest BCUT2D eigenvalue weighted by molar-refractivity contribution is 5.82. The summed E-state index contributed by atoms with van der Waals surface area (Å²) < 4.78 is 43.0. The minimum absolute atomic E-state index is 0.219. The zero-order chi connectivity index (χ0) is 76.8. The largest absolute Gasteiger partial charge is 0.493 e. The predicted octanol–water partition coefficient (Wildman–Crippen LogP) is 24.9. The highest BCUT2D eigenvalue weighted by Gasteiger charge is 2.27. The van der Waals surface area contributed by atoms with Crippen molar-refractivity contribution in [1.29, 1.82) is 0 Å². The van der Waals surface area contributed by atoms with Crippen LogP contribution in [0.1, 0.15) is 402 Å². The van der Waals surface area contributed by atoms with E-state index in [-0.39, 0.29) is 38.5 Å². The van der Waals surface area contributed by atoms with Gasteiger partial charge in [-0.3, -0.25) is 28.8 Å². The molecule has 0 N–H and O–H groups in total. The molecule has 0 atom stereocenters. The third-order valence-electron chi connectivity index (χ3n) is 21.2. The second kappa shape index (κ2) is 51.5. The molecule has 588 valence electrons. The van der Waals surface area contributed by atoms with E-state index in [1.807, 2.05) is 72.8 Å². The van der Waals surface area contributed by atoms with E-state index in [1.165, 1.54) is 38.5 Å². The van der Waals surface area contributed by atoms with Gasteiger partial charge in [0.15, 0.2) is 0 Å². The Labute approximate surface area is 649 Å². The molecule has 1 aliphatic carbocycles. The summed E-state index contributed by atoms with van der Waals surface area (Å²) in [6.07, 6.45) is 44.4. The second-order valence-electron chi connectivity index (χ2n) is 30.5. The van der Waals surface area contributed by atoms with Gasteiger partial charge in [0.1, 0.15) is 72.2 Å². The van der Waals surface area contributed by atoms with Gasteiger partial charge < -0.3 is 28.4 Å². The first-order valence-corrected chi connectivity index (χ1v) is 42.5. The number of ether oxygens (including phenoxy) is 6. The lowest BCUT2D eigenvalue weighted by Crippen LogP contribution is -2.12. The van der Waals surface area contributed by atoms with E-state index in [4.69, 9.17) is 28.4 Å². The quantitative estimate of drug-likeness (QED) is 0.0263. The van der Waals surface area contributed by atoms with Crippen LogP contribution in [0.4, 0.5) is 0 Å². The van der Waals surface area contributed by atoms with Crippen LogP contribution in [0.5, 0.6) is 34.5 Å². The molecule has 0 saturated carbocycles. The van der Waals surface area contributed by atoms with Crippen molar-refractivity contribution in [2.24, 2.45) is 0 Å². The van der Waals surface area contributed by atoms with Crippen molar-refractivity contribution in [3.05, 3.63) is 173 Å². The van der Waals surface area contributed by atoms with E-state index in [2.05, 4.69) is 41.5 Å². The number of aldehydes is 6. The topological polar surface area (TPSA) is 158 Å². The van der Waals surface area contributed by atoms with Crippen LogP contribution in [0.25, 0.3) is 0 Å². The maximum atomic E-state index is 13.6. The average Bonchev–Trinajstić information content (AvgIpc) is 0.781. The Bertz CT molecular complexity index is 2940. The highest BCUT2D eigenvalue weighted by Crippen LogP contribution is 2.43. The van der Waals surface area contributed by atoms with E-state index >= 15 is 0 Å². The monoisotopic (exact) mass is 1480 g/mol. The number of carbonyl (C=O) groups is 6. The molecule has 108 heavy (non-hydrogen) atoms. The van der Waals surface area contributed by atoms with Crippen molar-refractivity contribution in [3.8, 4) is 34.5 Å². The molecular weight excluding hydrogens is 1350 g/mol. The zero-order valence-electron chi connectivity index (χ0n) is 67.2. The Morgan fingerprint density at radius 2 is 0.296 bits per heavy atom. The molecule has 0 aromatic heterocycles. The fourth-order valence-electron chi connectivity index (χ4n) is 15.4. The van der Waals surface area contributed by atoms with Crippen LogP contribution in [-0.4, -0.2) is 77.4 Å². The van der Waals surface area contributed by atoms with Crippen LogP contribution in [-0.2, 0) is 38.5 Å². The molecule has 7 rings (SSSR count). The normalized spacial score (nSPS) is 12.1. The second-order valence-corrected chi connectivity index (χ2v) is 30.5. The predicted molar refractivity (Wildman–Crippen MR) is 441 cm³/mol.